The summed E-state index contributed by atoms with van der Waals surface area (Å²) in [5, 5.41) is 18.4. The Labute approximate surface area is 138 Å². The van der Waals surface area contributed by atoms with Crippen LogP contribution in [0.25, 0.3) is 11.3 Å². The van der Waals surface area contributed by atoms with E-state index < -0.39 is 0 Å². The summed E-state index contributed by atoms with van der Waals surface area (Å²) in [5.74, 6) is 0.248. The molecule has 0 aromatic carbocycles. The molecule has 2 heterocycles. The van der Waals surface area contributed by atoms with Crippen LogP contribution in [0.1, 0.15) is 33.3 Å². The van der Waals surface area contributed by atoms with Gasteiger partial charge in [-0.3, -0.25) is 9.67 Å². The average Bonchev–Trinajstić information content (AvgIpc) is 2.88. The summed E-state index contributed by atoms with van der Waals surface area (Å²) in [5.41, 5.74) is 3.02. The van der Waals surface area contributed by atoms with E-state index >= 15 is 0 Å². The summed E-state index contributed by atoms with van der Waals surface area (Å²) in [7, 11) is 1.93. The van der Waals surface area contributed by atoms with E-state index in [2.05, 4.69) is 43.1 Å². The van der Waals surface area contributed by atoms with Gasteiger partial charge in [0.1, 0.15) is 0 Å². The summed E-state index contributed by atoms with van der Waals surface area (Å²) in [6.07, 6.45) is 5.27. The smallest absolute Gasteiger partial charge is 0.0969 e. The molecular formula is C18H28N4O. The number of rotatable bonds is 7. The Kier molecular flexibility index (Phi) is 5.55. The summed E-state index contributed by atoms with van der Waals surface area (Å²) >= 11 is 0. The van der Waals surface area contributed by atoms with Gasteiger partial charge in [-0.15, -0.1) is 0 Å². The summed E-state index contributed by atoms with van der Waals surface area (Å²) in [4.78, 5) is 4.06. The topological polar surface area (TPSA) is 63.0 Å². The quantitative estimate of drug-likeness (QED) is 0.824. The van der Waals surface area contributed by atoms with Gasteiger partial charge in [-0.25, -0.2) is 0 Å². The molecule has 0 aliphatic heterocycles. The van der Waals surface area contributed by atoms with Gasteiger partial charge in [0, 0.05) is 55.3 Å². The molecule has 0 aliphatic rings. The van der Waals surface area contributed by atoms with E-state index in [0.29, 0.717) is 0 Å². The van der Waals surface area contributed by atoms with Gasteiger partial charge in [0.2, 0.25) is 0 Å². The van der Waals surface area contributed by atoms with Crippen molar-refractivity contribution in [2.24, 2.45) is 18.4 Å². The number of aliphatic hydroxyl groups excluding tert-OH is 1. The molecule has 2 aromatic rings. The molecule has 0 saturated heterocycles. The molecule has 0 bridgehead atoms. The van der Waals surface area contributed by atoms with E-state index in [0.717, 1.165) is 29.9 Å². The first-order valence-corrected chi connectivity index (χ1v) is 8.13. The van der Waals surface area contributed by atoms with Crippen molar-refractivity contribution in [2.45, 2.75) is 40.3 Å². The number of pyridine rings is 1. The molecule has 23 heavy (non-hydrogen) atoms. The Hall–Kier alpha value is -1.72. The van der Waals surface area contributed by atoms with Gasteiger partial charge in [0.15, 0.2) is 0 Å². The highest BCUT2D eigenvalue weighted by molar-refractivity contribution is 5.61. The van der Waals surface area contributed by atoms with Crippen LogP contribution < -0.4 is 5.32 Å². The second-order valence-electron chi connectivity index (χ2n) is 7.19. The molecule has 0 spiro atoms. The lowest BCUT2D eigenvalue weighted by Gasteiger charge is -2.33. The van der Waals surface area contributed by atoms with E-state index in [1.54, 1.807) is 12.4 Å². The van der Waals surface area contributed by atoms with Gasteiger partial charge in [0.05, 0.1) is 11.8 Å². The van der Waals surface area contributed by atoms with Crippen LogP contribution in [0.5, 0.6) is 0 Å². The molecule has 0 aliphatic carbocycles. The van der Waals surface area contributed by atoms with E-state index in [-0.39, 0.29) is 17.4 Å². The Morgan fingerprint density at radius 2 is 1.91 bits per heavy atom. The number of aliphatic hydroxyl groups is 1. The van der Waals surface area contributed by atoms with Crippen molar-refractivity contribution in [3.8, 4) is 11.3 Å². The number of nitrogens with one attached hydrogen (secondary N) is 1. The lowest BCUT2D eigenvalue weighted by Crippen LogP contribution is -2.41. The fraction of sp³-hybridized carbons (Fsp3) is 0.556. The zero-order valence-electron chi connectivity index (χ0n) is 14.7. The van der Waals surface area contributed by atoms with E-state index in [1.807, 2.05) is 30.1 Å². The number of aromatic nitrogens is 3. The maximum Gasteiger partial charge on any atom is 0.0969 e. The Balaban J connectivity index is 2.05. The van der Waals surface area contributed by atoms with Gasteiger partial charge in [-0.2, -0.15) is 5.10 Å². The highest BCUT2D eigenvalue weighted by Gasteiger charge is 2.29. The standard InChI is InChI=1S/C18H28N4O/c1-13(2)17(23)18(3,4)12-20-10-15-11-22(5)21-16(15)14-6-8-19-9-7-14/h6-9,11,13,17,20,23H,10,12H2,1-5H3. The summed E-state index contributed by atoms with van der Waals surface area (Å²) in [6, 6.07) is 3.94. The van der Waals surface area contributed by atoms with Crippen LogP contribution in [0.15, 0.2) is 30.7 Å². The lowest BCUT2D eigenvalue weighted by atomic mass is 9.80. The van der Waals surface area contributed by atoms with Gasteiger partial charge in [0.25, 0.3) is 0 Å². The second-order valence-corrected chi connectivity index (χ2v) is 7.19. The third-order valence-corrected chi connectivity index (χ3v) is 4.19. The highest BCUT2D eigenvalue weighted by atomic mass is 16.3. The zero-order valence-corrected chi connectivity index (χ0v) is 14.7. The van der Waals surface area contributed by atoms with Crippen molar-refractivity contribution in [3.63, 3.8) is 0 Å². The molecule has 1 atom stereocenters. The minimum atomic E-state index is -0.330. The minimum absolute atomic E-state index is 0.173. The van der Waals surface area contributed by atoms with Crippen LogP contribution in [-0.2, 0) is 13.6 Å². The molecule has 5 heteroatoms. The zero-order chi connectivity index (χ0) is 17.0. The second kappa shape index (κ2) is 7.23. The fourth-order valence-corrected chi connectivity index (χ4v) is 2.95. The predicted octanol–water partition coefficient (Wildman–Crippen LogP) is 2.61. The number of aryl methyl sites for hydroxylation is 1. The van der Waals surface area contributed by atoms with E-state index in [9.17, 15) is 5.11 Å². The number of hydrogen-bond donors (Lipinski definition) is 2. The molecule has 0 amide bonds. The Morgan fingerprint density at radius 1 is 1.26 bits per heavy atom. The molecule has 1 unspecified atom stereocenters. The van der Waals surface area contributed by atoms with Crippen molar-refractivity contribution in [2.75, 3.05) is 6.54 Å². The van der Waals surface area contributed by atoms with Gasteiger partial charge >= 0.3 is 0 Å². The first kappa shape index (κ1) is 17.6. The highest BCUT2D eigenvalue weighted by Crippen LogP contribution is 2.26. The third kappa shape index (κ3) is 4.39. The molecule has 2 rings (SSSR count). The van der Waals surface area contributed by atoms with Crippen LogP contribution in [-0.4, -0.2) is 32.5 Å². The maximum absolute atomic E-state index is 10.3. The molecule has 0 fully saturated rings. The van der Waals surface area contributed by atoms with Crippen molar-refractivity contribution in [1.82, 2.24) is 20.1 Å². The van der Waals surface area contributed by atoms with Crippen LogP contribution in [0.3, 0.4) is 0 Å². The monoisotopic (exact) mass is 316 g/mol. The predicted molar refractivity (Wildman–Crippen MR) is 92.8 cm³/mol. The normalized spacial score (nSPS) is 13.5. The van der Waals surface area contributed by atoms with E-state index in [1.165, 1.54) is 0 Å². The molecule has 0 saturated carbocycles. The third-order valence-electron chi connectivity index (χ3n) is 4.19. The fourth-order valence-electron chi connectivity index (χ4n) is 2.95. The molecule has 0 radical (unpaired) electrons. The number of nitrogens with zero attached hydrogens (tertiary/aromatic N) is 3. The molecule has 5 nitrogen and oxygen atoms in total. The van der Waals surface area contributed by atoms with Gasteiger partial charge < -0.3 is 10.4 Å². The van der Waals surface area contributed by atoms with Crippen LogP contribution in [0, 0.1) is 11.3 Å². The SMILES string of the molecule is CC(C)C(O)C(C)(C)CNCc1cn(C)nc1-c1ccncc1. The lowest BCUT2D eigenvalue weighted by molar-refractivity contribution is 0.0134. The first-order valence-electron chi connectivity index (χ1n) is 8.13. The largest absolute Gasteiger partial charge is 0.392 e. The maximum atomic E-state index is 10.3. The van der Waals surface area contributed by atoms with Gasteiger partial charge in [-0.05, 0) is 18.1 Å². The minimum Gasteiger partial charge on any atom is -0.392 e. The number of hydrogen-bond acceptors (Lipinski definition) is 4. The average molecular weight is 316 g/mol. The molecule has 2 aromatic heterocycles. The molecular weight excluding hydrogens is 288 g/mol. The van der Waals surface area contributed by atoms with Crippen molar-refractivity contribution in [3.05, 3.63) is 36.3 Å². The van der Waals surface area contributed by atoms with Crippen LogP contribution in [0.4, 0.5) is 0 Å². The summed E-state index contributed by atoms with van der Waals surface area (Å²) < 4.78 is 1.83. The van der Waals surface area contributed by atoms with Crippen molar-refractivity contribution < 1.29 is 5.11 Å². The molecule has 126 valence electrons. The molecule has 2 N–H and O–H groups in total. The van der Waals surface area contributed by atoms with E-state index in [4.69, 9.17) is 0 Å². The summed E-state index contributed by atoms with van der Waals surface area (Å²) in [6.45, 7) is 9.76. The van der Waals surface area contributed by atoms with Gasteiger partial charge in [-0.1, -0.05) is 27.7 Å². The first-order chi connectivity index (χ1) is 10.8. The Bertz CT molecular complexity index is 619. The van der Waals surface area contributed by atoms with Crippen LogP contribution >= 0.6 is 0 Å². The Morgan fingerprint density at radius 3 is 2.52 bits per heavy atom. The van der Waals surface area contributed by atoms with Crippen molar-refractivity contribution >= 4 is 0 Å². The van der Waals surface area contributed by atoms with Crippen molar-refractivity contribution in [1.29, 1.82) is 0 Å². The van der Waals surface area contributed by atoms with Crippen LogP contribution in [0.2, 0.25) is 0 Å².